The molecule has 204 valence electrons. The largest absolute Gasteiger partial charge is 0.393 e. The van der Waals surface area contributed by atoms with E-state index in [0.29, 0.717) is 22.5 Å². The topological polar surface area (TPSA) is 158 Å². The molecule has 10 nitrogen and oxygen atoms in total. The second-order valence-electron chi connectivity index (χ2n) is 9.51. The van der Waals surface area contributed by atoms with Gasteiger partial charge >= 0.3 is 0 Å². The average Bonchev–Trinajstić information content (AvgIpc) is 3.31. The molecular formula is C28H30FN5O5. The normalized spacial score (nSPS) is 12.5. The number of aromatic nitrogens is 2. The molecule has 0 saturated carbocycles. The zero-order valence-corrected chi connectivity index (χ0v) is 21.7. The lowest BCUT2D eigenvalue weighted by Crippen LogP contribution is -2.24. The van der Waals surface area contributed by atoms with E-state index in [1.807, 2.05) is 19.9 Å². The maximum atomic E-state index is 13.6. The van der Waals surface area contributed by atoms with Crippen LogP contribution in [0.2, 0.25) is 0 Å². The van der Waals surface area contributed by atoms with Crippen LogP contribution in [0.5, 0.6) is 0 Å². The number of rotatable bonds is 12. The quantitative estimate of drug-likeness (QED) is 0.299. The number of aliphatic hydroxyl groups excluding tert-OH is 2. The molecule has 0 aliphatic rings. The number of hydrogen-bond acceptors (Lipinski definition) is 7. The Morgan fingerprint density at radius 3 is 2.36 bits per heavy atom. The summed E-state index contributed by atoms with van der Waals surface area (Å²) in [4.78, 5) is 34.7. The summed E-state index contributed by atoms with van der Waals surface area (Å²) < 4.78 is 15.2. The molecule has 0 aliphatic carbocycles. The Labute approximate surface area is 225 Å². The van der Waals surface area contributed by atoms with E-state index in [2.05, 4.69) is 15.6 Å². The van der Waals surface area contributed by atoms with Gasteiger partial charge in [0.15, 0.2) is 5.69 Å². The van der Waals surface area contributed by atoms with E-state index >= 15 is 0 Å². The minimum atomic E-state index is -1.22. The first-order valence-corrected chi connectivity index (χ1v) is 12.5. The smallest absolute Gasteiger partial charge is 0.288 e. The lowest BCUT2D eigenvalue weighted by atomic mass is 9.95. The van der Waals surface area contributed by atoms with Crippen molar-refractivity contribution < 1.29 is 24.2 Å². The maximum absolute atomic E-state index is 13.6. The number of nitrogens with one attached hydrogen (secondary N) is 1. The molecule has 0 radical (unpaired) electrons. The van der Waals surface area contributed by atoms with Gasteiger partial charge in [0.2, 0.25) is 0 Å². The highest BCUT2D eigenvalue weighted by Gasteiger charge is 2.26. The summed E-state index contributed by atoms with van der Waals surface area (Å²) in [6.45, 7) is 4.03. The molecule has 0 saturated heterocycles. The predicted molar refractivity (Wildman–Crippen MR) is 140 cm³/mol. The third-order valence-corrected chi connectivity index (χ3v) is 6.19. The summed E-state index contributed by atoms with van der Waals surface area (Å²) >= 11 is 0. The Morgan fingerprint density at radius 1 is 1.10 bits per heavy atom. The molecule has 2 atom stereocenters. The van der Waals surface area contributed by atoms with Crippen molar-refractivity contribution in [2.75, 3.05) is 0 Å². The van der Waals surface area contributed by atoms with Crippen LogP contribution in [-0.2, 0) is 17.8 Å². The van der Waals surface area contributed by atoms with E-state index in [-0.39, 0.29) is 37.4 Å². The molecule has 1 heterocycles. The van der Waals surface area contributed by atoms with Gasteiger partial charge in [0.1, 0.15) is 5.82 Å². The number of halogens is 1. The zero-order chi connectivity index (χ0) is 28.5. The van der Waals surface area contributed by atoms with Crippen LogP contribution in [0, 0.1) is 22.1 Å². The van der Waals surface area contributed by atoms with Gasteiger partial charge in [-0.1, -0.05) is 26.0 Å². The van der Waals surface area contributed by atoms with Crippen LogP contribution in [0.25, 0.3) is 5.69 Å². The minimum absolute atomic E-state index is 0.135. The van der Waals surface area contributed by atoms with Crippen molar-refractivity contribution in [3.63, 3.8) is 0 Å². The number of benzene rings is 2. The first-order chi connectivity index (χ1) is 18.6. The van der Waals surface area contributed by atoms with E-state index in [0.717, 1.165) is 5.56 Å². The van der Waals surface area contributed by atoms with Crippen LogP contribution >= 0.6 is 0 Å². The number of nitroso groups, excluding NO2 is 1. The van der Waals surface area contributed by atoms with Gasteiger partial charge in [-0.2, -0.15) is 10.4 Å². The van der Waals surface area contributed by atoms with Crippen molar-refractivity contribution in [3.8, 4) is 11.8 Å². The standard InChI is InChI=1S/C28H30FN5O5/c1-17(2)26-24(12-11-22(35)13-23(36)14-25(37)33-39)34(21-9-7-20(29)8-10-21)32-27(26)28(38)31-16-19-5-3-18(15-30)4-6-19/h3-10,17,22-23,35-36H,11-14,16H2,1-2H3,(H,31,38)/t22-,23-/m1/s1. The highest BCUT2D eigenvalue weighted by atomic mass is 19.1. The average molecular weight is 536 g/mol. The molecule has 11 heteroatoms. The lowest BCUT2D eigenvalue weighted by Gasteiger charge is -2.16. The van der Waals surface area contributed by atoms with Gasteiger partial charge in [-0.3, -0.25) is 9.59 Å². The Kier molecular flexibility index (Phi) is 10.1. The Hall–Kier alpha value is -4.27. The van der Waals surface area contributed by atoms with Crippen molar-refractivity contribution in [3.05, 3.63) is 87.3 Å². The van der Waals surface area contributed by atoms with Gasteiger partial charge in [-0.05, 0) is 67.1 Å². The van der Waals surface area contributed by atoms with Crippen molar-refractivity contribution in [1.29, 1.82) is 5.26 Å². The molecule has 3 N–H and O–H groups in total. The molecule has 0 aliphatic heterocycles. The molecule has 0 fully saturated rings. The number of amides is 2. The predicted octanol–water partition coefficient (Wildman–Crippen LogP) is 3.66. The molecule has 3 aromatic rings. The third kappa shape index (κ3) is 7.86. The van der Waals surface area contributed by atoms with Crippen LogP contribution < -0.4 is 5.32 Å². The molecular weight excluding hydrogens is 505 g/mol. The third-order valence-electron chi connectivity index (χ3n) is 6.19. The highest BCUT2D eigenvalue weighted by Crippen LogP contribution is 2.28. The van der Waals surface area contributed by atoms with Gasteiger partial charge in [0.05, 0.1) is 35.9 Å². The van der Waals surface area contributed by atoms with Gasteiger partial charge in [0, 0.05) is 23.0 Å². The summed E-state index contributed by atoms with van der Waals surface area (Å²) in [5.74, 6) is -1.98. The van der Waals surface area contributed by atoms with Crippen LogP contribution in [-0.4, -0.2) is 44.0 Å². The summed E-state index contributed by atoms with van der Waals surface area (Å²) in [5.41, 5.74) is 3.32. The maximum Gasteiger partial charge on any atom is 0.288 e. The van der Waals surface area contributed by atoms with E-state index in [9.17, 15) is 29.1 Å². The van der Waals surface area contributed by atoms with Crippen LogP contribution in [0.15, 0.2) is 53.7 Å². The Bertz CT molecular complexity index is 1350. The van der Waals surface area contributed by atoms with Crippen LogP contribution in [0.3, 0.4) is 0 Å². The lowest BCUT2D eigenvalue weighted by molar-refractivity contribution is -0.120. The molecule has 3 rings (SSSR count). The van der Waals surface area contributed by atoms with Gasteiger partial charge in [0.25, 0.3) is 11.8 Å². The van der Waals surface area contributed by atoms with Gasteiger partial charge < -0.3 is 15.5 Å². The van der Waals surface area contributed by atoms with Crippen molar-refractivity contribution >= 4 is 11.8 Å². The van der Waals surface area contributed by atoms with Crippen LogP contribution in [0.1, 0.15) is 71.9 Å². The first kappa shape index (κ1) is 29.3. The second-order valence-corrected chi connectivity index (χ2v) is 9.51. The fraction of sp³-hybridized carbons (Fsp3) is 0.357. The molecule has 0 unspecified atom stereocenters. The van der Waals surface area contributed by atoms with E-state index in [4.69, 9.17) is 5.26 Å². The zero-order valence-electron chi connectivity index (χ0n) is 21.7. The van der Waals surface area contributed by atoms with Crippen molar-refractivity contribution in [2.24, 2.45) is 5.18 Å². The second kappa shape index (κ2) is 13.5. The SMILES string of the molecule is CC(C)c1c(C(=O)NCc2ccc(C#N)cc2)nn(-c2ccc(F)cc2)c1CC[C@@H](O)C[C@@H](O)CC(=O)N=O. The fourth-order valence-corrected chi connectivity index (χ4v) is 4.30. The molecule has 2 amide bonds. The first-order valence-electron chi connectivity index (χ1n) is 12.5. The summed E-state index contributed by atoms with van der Waals surface area (Å²) in [6.07, 6.45) is -2.42. The van der Waals surface area contributed by atoms with Gasteiger partial charge in [-0.15, -0.1) is 4.91 Å². The minimum Gasteiger partial charge on any atom is -0.393 e. The Balaban J connectivity index is 1.88. The molecule has 39 heavy (non-hydrogen) atoms. The molecule has 0 spiro atoms. The molecule has 0 bridgehead atoms. The number of nitriles is 1. The number of carbonyl (C=O) groups excluding carboxylic acids is 2. The monoisotopic (exact) mass is 535 g/mol. The summed E-state index contributed by atoms with van der Waals surface area (Å²) in [7, 11) is 0. The van der Waals surface area contributed by atoms with E-state index < -0.39 is 36.3 Å². The van der Waals surface area contributed by atoms with Crippen molar-refractivity contribution in [1.82, 2.24) is 15.1 Å². The number of carbonyl (C=O) groups is 2. The number of aliphatic hydroxyl groups is 2. The fourth-order valence-electron chi connectivity index (χ4n) is 4.30. The van der Waals surface area contributed by atoms with Crippen molar-refractivity contribution in [2.45, 2.75) is 64.2 Å². The van der Waals surface area contributed by atoms with Crippen LogP contribution in [0.4, 0.5) is 4.39 Å². The van der Waals surface area contributed by atoms with E-state index in [1.165, 1.54) is 24.3 Å². The summed E-state index contributed by atoms with van der Waals surface area (Å²) in [5, 5.41) is 39.1. The number of hydrogen-bond donors (Lipinski definition) is 3. The molecule has 1 aromatic heterocycles. The Morgan fingerprint density at radius 2 is 1.77 bits per heavy atom. The molecule has 2 aromatic carbocycles. The van der Waals surface area contributed by atoms with Gasteiger partial charge in [-0.25, -0.2) is 9.07 Å². The highest BCUT2D eigenvalue weighted by molar-refractivity contribution is 5.94. The van der Waals surface area contributed by atoms with E-state index in [1.54, 1.807) is 28.9 Å². The summed E-state index contributed by atoms with van der Waals surface area (Å²) in [6, 6.07) is 14.5. The number of nitrogens with zero attached hydrogens (tertiary/aromatic N) is 4.